The fourth-order valence-corrected chi connectivity index (χ4v) is 3.15. The molecule has 1 nitrogen and oxygen atoms in total. The van der Waals surface area contributed by atoms with Gasteiger partial charge in [0.25, 0.3) is 0 Å². The van der Waals surface area contributed by atoms with Crippen molar-refractivity contribution < 1.29 is 13.2 Å². The average Bonchev–Trinajstić information content (AvgIpc) is 2.84. The van der Waals surface area contributed by atoms with E-state index < -0.39 is 18.6 Å². The summed E-state index contributed by atoms with van der Waals surface area (Å²) in [5.74, 6) is 0. The van der Waals surface area contributed by atoms with Crippen LogP contribution in [-0.4, -0.2) is 6.18 Å². The Morgan fingerprint density at radius 3 is 2.29 bits per heavy atom. The molecule has 1 aromatic heterocycles. The molecule has 0 amide bonds. The first-order chi connectivity index (χ1) is 9.85. The Labute approximate surface area is 126 Å². The van der Waals surface area contributed by atoms with Crippen molar-refractivity contribution in [3.63, 3.8) is 0 Å². The molecule has 2 aromatic rings. The van der Waals surface area contributed by atoms with Crippen LogP contribution in [0.2, 0.25) is 0 Å². The van der Waals surface area contributed by atoms with E-state index in [1.807, 2.05) is 26.0 Å². The van der Waals surface area contributed by atoms with E-state index in [1.165, 1.54) is 0 Å². The van der Waals surface area contributed by atoms with Crippen LogP contribution in [0.4, 0.5) is 13.2 Å². The molecule has 0 saturated carbocycles. The Balaban J connectivity index is 2.16. The molecule has 21 heavy (non-hydrogen) atoms. The zero-order valence-electron chi connectivity index (χ0n) is 11.9. The Morgan fingerprint density at radius 1 is 1.10 bits per heavy atom. The Kier molecular flexibility index (Phi) is 5.06. The lowest BCUT2D eigenvalue weighted by atomic mass is 10.0. The van der Waals surface area contributed by atoms with Crippen molar-refractivity contribution >= 4 is 11.3 Å². The molecule has 2 atom stereocenters. The number of benzene rings is 1. The predicted octanol–water partition coefficient (Wildman–Crippen LogP) is 5.40. The SMILES string of the molecule is Cc1ccc(C(C)NC(CC(F)(F)F)c2ccccc2)s1. The third-order valence-corrected chi connectivity index (χ3v) is 4.46. The van der Waals surface area contributed by atoms with E-state index in [2.05, 4.69) is 5.32 Å². The van der Waals surface area contributed by atoms with Gasteiger partial charge in [-0.1, -0.05) is 30.3 Å². The van der Waals surface area contributed by atoms with Crippen molar-refractivity contribution in [1.82, 2.24) is 5.32 Å². The van der Waals surface area contributed by atoms with E-state index in [4.69, 9.17) is 0 Å². The summed E-state index contributed by atoms with van der Waals surface area (Å²) in [6.45, 7) is 3.89. The van der Waals surface area contributed by atoms with Crippen LogP contribution >= 0.6 is 11.3 Å². The molecule has 0 fully saturated rings. The molecule has 0 saturated heterocycles. The highest BCUT2D eigenvalue weighted by molar-refractivity contribution is 7.12. The molecule has 2 rings (SSSR count). The molecule has 0 aliphatic rings. The van der Waals surface area contributed by atoms with Crippen LogP contribution in [0.1, 0.15) is 40.7 Å². The van der Waals surface area contributed by atoms with Crippen molar-refractivity contribution in [2.75, 3.05) is 0 Å². The first-order valence-electron chi connectivity index (χ1n) is 6.79. The van der Waals surface area contributed by atoms with Crippen LogP contribution in [0.25, 0.3) is 0 Å². The molecule has 0 spiro atoms. The molecule has 1 aromatic carbocycles. The number of thiophene rings is 1. The van der Waals surface area contributed by atoms with E-state index >= 15 is 0 Å². The highest BCUT2D eigenvalue weighted by Gasteiger charge is 2.33. The topological polar surface area (TPSA) is 12.0 Å². The van der Waals surface area contributed by atoms with Gasteiger partial charge in [-0.2, -0.15) is 13.2 Å². The summed E-state index contributed by atoms with van der Waals surface area (Å²) in [5, 5.41) is 3.11. The summed E-state index contributed by atoms with van der Waals surface area (Å²) in [7, 11) is 0. The lowest BCUT2D eigenvalue weighted by molar-refractivity contribution is -0.140. The van der Waals surface area contributed by atoms with Gasteiger partial charge < -0.3 is 5.32 Å². The van der Waals surface area contributed by atoms with Crippen LogP contribution in [0, 0.1) is 6.92 Å². The van der Waals surface area contributed by atoms with E-state index in [0.717, 1.165) is 9.75 Å². The van der Waals surface area contributed by atoms with Crippen LogP contribution in [0.3, 0.4) is 0 Å². The zero-order valence-corrected chi connectivity index (χ0v) is 12.8. The van der Waals surface area contributed by atoms with Gasteiger partial charge >= 0.3 is 6.18 Å². The number of halogens is 3. The van der Waals surface area contributed by atoms with E-state index in [9.17, 15) is 13.2 Å². The van der Waals surface area contributed by atoms with Crippen LogP contribution in [0.5, 0.6) is 0 Å². The second-order valence-electron chi connectivity index (χ2n) is 5.12. The number of aryl methyl sites for hydroxylation is 1. The van der Waals surface area contributed by atoms with Gasteiger partial charge in [0.1, 0.15) is 0 Å². The maximum absolute atomic E-state index is 12.8. The van der Waals surface area contributed by atoms with Gasteiger partial charge in [0, 0.05) is 21.8 Å². The summed E-state index contributed by atoms with van der Waals surface area (Å²) in [6.07, 6.45) is -5.07. The quantitative estimate of drug-likeness (QED) is 0.779. The summed E-state index contributed by atoms with van der Waals surface area (Å²) in [5.41, 5.74) is 0.662. The zero-order chi connectivity index (χ0) is 15.5. The standard InChI is InChI=1S/C16H18F3NS/c1-11-8-9-15(21-11)12(2)20-14(10-16(17,18)19)13-6-4-3-5-7-13/h3-9,12,14,20H,10H2,1-2H3. The minimum atomic E-state index is -4.20. The molecule has 2 unspecified atom stereocenters. The number of nitrogens with one attached hydrogen (secondary N) is 1. The van der Waals surface area contributed by atoms with Gasteiger partial charge in [-0.15, -0.1) is 11.3 Å². The summed E-state index contributed by atoms with van der Waals surface area (Å²) in [6, 6.07) is 11.9. The van der Waals surface area contributed by atoms with Crippen molar-refractivity contribution in [2.24, 2.45) is 0 Å². The molecule has 1 heterocycles. The summed E-state index contributed by atoms with van der Waals surface area (Å²) in [4.78, 5) is 2.21. The fourth-order valence-electron chi connectivity index (χ4n) is 2.26. The first kappa shape index (κ1) is 16.0. The number of hydrogen-bond donors (Lipinski definition) is 1. The first-order valence-corrected chi connectivity index (χ1v) is 7.61. The van der Waals surface area contributed by atoms with Gasteiger partial charge in [0.15, 0.2) is 0 Å². The molecular weight excluding hydrogens is 295 g/mol. The van der Waals surface area contributed by atoms with Gasteiger partial charge in [-0.3, -0.25) is 0 Å². The van der Waals surface area contributed by atoms with Crippen molar-refractivity contribution in [2.45, 2.75) is 38.5 Å². The minimum Gasteiger partial charge on any atom is -0.302 e. The van der Waals surface area contributed by atoms with Crippen LogP contribution < -0.4 is 5.32 Å². The normalized spacial score (nSPS) is 14.9. The monoisotopic (exact) mass is 313 g/mol. The highest BCUT2D eigenvalue weighted by Crippen LogP contribution is 2.32. The third kappa shape index (κ3) is 4.86. The minimum absolute atomic E-state index is 0.115. The molecule has 0 radical (unpaired) electrons. The molecule has 114 valence electrons. The van der Waals surface area contributed by atoms with Gasteiger partial charge in [0.2, 0.25) is 0 Å². The lowest BCUT2D eigenvalue weighted by Crippen LogP contribution is -2.28. The molecule has 0 bridgehead atoms. The smallest absolute Gasteiger partial charge is 0.302 e. The van der Waals surface area contributed by atoms with Gasteiger partial charge in [-0.05, 0) is 31.5 Å². The Morgan fingerprint density at radius 2 is 1.76 bits per heavy atom. The van der Waals surface area contributed by atoms with Crippen molar-refractivity contribution in [3.05, 3.63) is 57.8 Å². The third-order valence-electron chi connectivity index (χ3n) is 3.28. The molecule has 5 heteroatoms. The largest absolute Gasteiger partial charge is 0.390 e. The van der Waals surface area contributed by atoms with Gasteiger partial charge in [0.05, 0.1) is 6.42 Å². The number of rotatable bonds is 5. The second-order valence-corrected chi connectivity index (χ2v) is 6.44. The summed E-state index contributed by atoms with van der Waals surface area (Å²) < 4.78 is 38.4. The highest BCUT2D eigenvalue weighted by atomic mass is 32.1. The van der Waals surface area contributed by atoms with Crippen LogP contribution in [-0.2, 0) is 0 Å². The van der Waals surface area contributed by atoms with E-state index in [0.29, 0.717) is 5.56 Å². The number of hydrogen-bond acceptors (Lipinski definition) is 2. The number of alkyl halides is 3. The van der Waals surface area contributed by atoms with E-state index in [-0.39, 0.29) is 6.04 Å². The van der Waals surface area contributed by atoms with E-state index in [1.54, 1.807) is 41.7 Å². The Bertz CT molecular complexity index is 562. The fraction of sp³-hybridized carbons (Fsp3) is 0.375. The van der Waals surface area contributed by atoms with Crippen LogP contribution in [0.15, 0.2) is 42.5 Å². The maximum atomic E-state index is 12.8. The van der Waals surface area contributed by atoms with Crippen molar-refractivity contribution in [3.8, 4) is 0 Å². The molecule has 1 N–H and O–H groups in total. The second kappa shape index (κ2) is 6.62. The van der Waals surface area contributed by atoms with Gasteiger partial charge in [-0.25, -0.2) is 0 Å². The predicted molar refractivity (Wildman–Crippen MR) is 80.5 cm³/mol. The lowest BCUT2D eigenvalue weighted by Gasteiger charge is -2.24. The Hall–Kier alpha value is -1.33. The average molecular weight is 313 g/mol. The summed E-state index contributed by atoms with van der Waals surface area (Å²) >= 11 is 1.61. The van der Waals surface area contributed by atoms with Crippen molar-refractivity contribution in [1.29, 1.82) is 0 Å². The maximum Gasteiger partial charge on any atom is 0.390 e. The molecule has 0 aliphatic heterocycles. The molecule has 0 aliphatic carbocycles. The molecular formula is C16H18F3NS.